The lowest BCUT2D eigenvalue weighted by atomic mass is 10.2. The van der Waals surface area contributed by atoms with Crippen molar-refractivity contribution < 1.29 is 23.8 Å². The third-order valence-electron chi connectivity index (χ3n) is 3.47. The first kappa shape index (κ1) is 17.9. The summed E-state index contributed by atoms with van der Waals surface area (Å²) in [6, 6.07) is 7.34. The zero-order valence-corrected chi connectivity index (χ0v) is 15.0. The van der Waals surface area contributed by atoms with Crippen LogP contribution in [0.15, 0.2) is 35.7 Å². The molecule has 1 aromatic heterocycles. The quantitative estimate of drug-likeness (QED) is 0.614. The normalized spacial score (nSPS) is 15.7. The number of thiazole rings is 1. The van der Waals surface area contributed by atoms with E-state index in [-0.39, 0.29) is 19.3 Å². The second kappa shape index (κ2) is 8.48. The number of hydrogen-bond donors (Lipinski definition) is 1. The molecule has 1 atom stereocenters. The Morgan fingerprint density at radius 3 is 2.96 bits per heavy atom. The van der Waals surface area contributed by atoms with E-state index in [4.69, 9.17) is 14.2 Å². The van der Waals surface area contributed by atoms with Crippen molar-refractivity contribution in [2.75, 3.05) is 19.8 Å². The highest BCUT2D eigenvalue weighted by Gasteiger charge is 2.21. The molecule has 3 rings (SSSR count). The minimum atomic E-state index is -0.600. The van der Waals surface area contributed by atoms with E-state index in [2.05, 4.69) is 10.3 Å². The average Bonchev–Trinajstić information content (AvgIpc) is 3.08. The maximum atomic E-state index is 11.8. The minimum Gasteiger partial charge on any atom is -0.486 e. The number of esters is 1. The summed E-state index contributed by atoms with van der Waals surface area (Å²) in [5.74, 6) is 0.327. The highest BCUT2D eigenvalue weighted by atomic mass is 32.1. The highest BCUT2D eigenvalue weighted by Crippen LogP contribution is 2.30. The van der Waals surface area contributed by atoms with E-state index in [1.54, 1.807) is 12.1 Å². The van der Waals surface area contributed by atoms with E-state index in [9.17, 15) is 9.59 Å². The average molecular weight is 374 g/mol. The number of rotatable bonds is 6. The Labute approximate surface area is 154 Å². The van der Waals surface area contributed by atoms with Crippen LogP contribution < -0.4 is 14.8 Å². The van der Waals surface area contributed by atoms with Gasteiger partial charge in [-0.2, -0.15) is 0 Å². The van der Waals surface area contributed by atoms with Gasteiger partial charge in [-0.15, -0.1) is 11.3 Å². The molecule has 1 aliphatic rings. The van der Waals surface area contributed by atoms with Crippen molar-refractivity contribution >= 4 is 29.3 Å². The van der Waals surface area contributed by atoms with Crippen LogP contribution in [-0.4, -0.2) is 42.7 Å². The van der Waals surface area contributed by atoms with Gasteiger partial charge in [-0.25, -0.2) is 9.78 Å². The first-order chi connectivity index (χ1) is 12.6. The van der Waals surface area contributed by atoms with Gasteiger partial charge in [0.2, 0.25) is 0 Å². The van der Waals surface area contributed by atoms with Crippen LogP contribution in [0.5, 0.6) is 11.5 Å². The summed E-state index contributed by atoms with van der Waals surface area (Å²) in [7, 11) is 0. The SMILES string of the molecule is Cc1nc(/C=C/C(=O)OCC(=O)NCC2COc3ccccc3O2)cs1. The van der Waals surface area contributed by atoms with E-state index >= 15 is 0 Å². The number of carbonyl (C=O) groups is 2. The van der Waals surface area contributed by atoms with Gasteiger partial charge in [0.05, 0.1) is 17.2 Å². The summed E-state index contributed by atoms with van der Waals surface area (Å²) in [4.78, 5) is 27.6. The lowest BCUT2D eigenvalue weighted by Crippen LogP contribution is -2.42. The Balaban J connectivity index is 1.37. The highest BCUT2D eigenvalue weighted by molar-refractivity contribution is 7.09. The number of aryl methyl sites for hydroxylation is 1. The van der Waals surface area contributed by atoms with Gasteiger partial charge in [-0.1, -0.05) is 12.1 Å². The lowest BCUT2D eigenvalue weighted by Gasteiger charge is -2.26. The Hall–Kier alpha value is -2.87. The predicted molar refractivity (Wildman–Crippen MR) is 96.2 cm³/mol. The van der Waals surface area contributed by atoms with Gasteiger partial charge in [0.15, 0.2) is 18.1 Å². The van der Waals surface area contributed by atoms with E-state index in [1.165, 1.54) is 17.4 Å². The number of amides is 1. The smallest absolute Gasteiger partial charge is 0.331 e. The summed E-state index contributed by atoms with van der Waals surface area (Å²) < 4.78 is 16.2. The van der Waals surface area contributed by atoms with E-state index in [0.717, 1.165) is 5.01 Å². The third-order valence-corrected chi connectivity index (χ3v) is 4.26. The molecule has 0 saturated heterocycles. The summed E-state index contributed by atoms with van der Waals surface area (Å²) in [5.41, 5.74) is 0.684. The zero-order valence-electron chi connectivity index (χ0n) is 14.1. The van der Waals surface area contributed by atoms with E-state index in [1.807, 2.05) is 30.5 Å². The fourth-order valence-corrected chi connectivity index (χ4v) is 2.82. The number of hydrogen-bond acceptors (Lipinski definition) is 7. The molecule has 0 radical (unpaired) electrons. The van der Waals surface area contributed by atoms with Gasteiger partial charge < -0.3 is 19.5 Å². The molecule has 0 bridgehead atoms. The number of para-hydroxylation sites is 2. The van der Waals surface area contributed by atoms with Gasteiger partial charge in [0.1, 0.15) is 12.7 Å². The van der Waals surface area contributed by atoms with Crippen LogP contribution in [0.1, 0.15) is 10.7 Å². The molecule has 7 nitrogen and oxygen atoms in total. The molecule has 136 valence electrons. The monoisotopic (exact) mass is 374 g/mol. The van der Waals surface area contributed by atoms with Crippen LogP contribution in [0.25, 0.3) is 6.08 Å². The third kappa shape index (κ3) is 5.06. The second-order valence-electron chi connectivity index (χ2n) is 5.53. The summed E-state index contributed by atoms with van der Waals surface area (Å²) >= 11 is 1.49. The Morgan fingerprint density at radius 1 is 1.38 bits per heavy atom. The molecule has 1 N–H and O–H groups in total. The number of fused-ring (bicyclic) bond motifs is 1. The molecule has 0 saturated carbocycles. The van der Waals surface area contributed by atoms with Gasteiger partial charge in [0.25, 0.3) is 5.91 Å². The Bertz CT molecular complexity index is 817. The van der Waals surface area contributed by atoms with E-state index < -0.39 is 11.9 Å². The van der Waals surface area contributed by atoms with Crippen LogP contribution in [-0.2, 0) is 14.3 Å². The molecule has 26 heavy (non-hydrogen) atoms. The molecular weight excluding hydrogens is 356 g/mol. The zero-order chi connectivity index (χ0) is 18.4. The number of nitrogens with zero attached hydrogens (tertiary/aromatic N) is 1. The molecule has 1 aromatic carbocycles. The van der Waals surface area contributed by atoms with Crippen LogP contribution >= 0.6 is 11.3 Å². The standard InChI is InChI=1S/C18H18N2O5S/c1-12-20-13(11-26-12)6-7-18(22)24-10-17(21)19-8-14-9-23-15-4-2-3-5-16(15)25-14/h2-7,11,14H,8-10H2,1H3,(H,19,21)/b7-6+. The number of nitrogens with one attached hydrogen (secondary N) is 1. The summed E-state index contributed by atoms with van der Waals surface area (Å²) in [6.45, 7) is 2.12. The largest absolute Gasteiger partial charge is 0.486 e. The predicted octanol–water partition coefficient (Wildman–Crippen LogP) is 1.96. The second-order valence-corrected chi connectivity index (χ2v) is 6.60. The first-order valence-electron chi connectivity index (χ1n) is 8.02. The Morgan fingerprint density at radius 2 is 2.19 bits per heavy atom. The lowest BCUT2D eigenvalue weighted by molar-refractivity contribution is -0.143. The molecule has 2 heterocycles. The molecule has 0 aliphatic carbocycles. The summed E-state index contributed by atoms with van der Waals surface area (Å²) in [6.07, 6.45) is 2.50. The van der Waals surface area contributed by atoms with Gasteiger partial charge >= 0.3 is 5.97 Å². The van der Waals surface area contributed by atoms with Crippen molar-refractivity contribution in [2.24, 2.45) is 0 Å². The van der Waals surface area contributed by atoms with Crippen LogP contribution in [0.3, 0.4) is 0 Å². The number of ether oxygens (including phenoxy) is 3. The summed E-state index contributed by atoms with van der Waals surface area (Å²) in [5, 5.41) is 5.40. The molecule has 0 spiro atoms. The van der Waals surface area contributed by atoms with Crippen molar-refractivity contribution in [3.05, 3.63) is 46.4 Å². The molecule has 1 aliphatic heterocycles. The fraction of sp³-hybridized carbons (Fsp3) is 0.278. The van der Waals surface area contributed by atoms with Crippen molar-refractivity contribution in [2.45, 2.75) is 13.0 Å². The molecule has 0 fully saturated rings. The molecule has 2 aromatic rings. The minimum absolute atomic E-state index is 0.263. The van der Waals surface area contributed by atoms with Gasteiger partial charge in [0, 0.05) is 11.5 Å². The Kier molecular flexibility index (Phi) is 5.85. The maximum Gasteiger partial charge on any atom is 0.331 e. The first-order valence-corrected chi connectivity index (χ1v) is 8.90. The van der Waals surface area contributed by atoms with Gasteiger partial charge in [-0.05, 0) is 25.1 Å². The fourth-order valence-electron chi connectivity index (χ4n) is 2.24. The van der Waals surface area contributed by atoms with Gasteiger partial charge in [-0.3, -0.25) is 4.79 Å². The topological polar surface area (TPSA) is 86.8 Å². The molecule has 8 heteroatoms. The van der Waals surface area contributed by atoms with Crippen molar-refractivity contribution in [1.82, 2.24) is 10.3 Å². The van der Waals surface area contributed by atoms with Crippen molar-refractivity contribution in [3.8, 4) is 11.5 Å². The number of aromatic nitrogens is 1. The van der Waals surface area contributed by atoms with Crippen LogP contribution in [0.2, 0.25) is 0 Å². The number of carbonyl (C=O) groups excluding carboxylic acids is 2. The maximum absolute atomic E-state index is 11.8. The van der Waals surface area contributed by atoms with Crippen LogP contribution in [0, 0.1) is 6.92 Å². The molecular formula is C18H18N2O5S. The molecule has 1 amide bonds. The number of benzene rings is 1. The van der Waals surface area contributed by atoms with Crippen molar-refractivity contribution in [1.29, 1.82) is 0 Å². The van der Waals surface area contributed by atoms with E-state index in [0.29, 0.717) is 23.8 Å². The van der Waals surface area contributed by atoms with Crippen molar-refractivity contribution in [3.63, 3.8) is 0 Å². The molecule has 1 unspecified atom stereocenters. The van der Waals surface area contributed by atoms with Crippen LogP contribution in [0.4, 0.5) is 0 Å².